The van der Waals surface area contributed by atoms with Gasteiger partial charge < -0.3 is 11.1 Å². The molecule has 1 aliphatic carbocycles. The predicted octanol–water partition coefficient (Wildman–Crippen LogP) is 2.87. The first-order chi connectivity index (χ1) is 10.7. The zero-order chi connectivity index (χ0) is 15.4. The fourth-order valence-corrected chi connectivity index (χ4v) is 2.91. The first-order valence-electron chi connectivity index (χ1n) is 7.76. The summed E-state index contributed by atoms with van der Waals surface area (Å²) < 4.78 is 0. The second-order valence-electron chi connectivity index (χ2n) is 5.79. The summed E-state index contributed by atoms with van der Waals surface area (Å²) in [5.74, 6) is 1.93. The highest BCUT2D eigenvalue weighted by Gasteiger charge is 2.18. The van der Waals surface area contributed by atoms with E-state index in [0.717, 1.165) is 11.3 Å². The molecule has 1 heterocycles. The molecule has 1 aromatic heterocycles. The summed E-state index contributed by atoms with van der Waals surface area (Å²) in [5, 5.41) is 9.85. The van der Waals surface area contributed by atoms with E-state index in [-0.39, 0.29) is 18.3 Å². The molecule has 1 amide bonds. The molecule has 0 aliphatic heterocycles. The van der Waals surface area contributed by atoms with E-state index in [1.54, 1.807) is 0 Å². The maximum atomic E-state index is 12.0. The van der Waals surface area contributed by atoms with Crippen molar-refractivity contribution in [1.29, 1.82) is 0 Å². The van der Waals surface area contributed by atoms with Crippen LogP contribution in [0.4, 0.5) is 5.69 Å². The highest BCUT2D eigenvalue weighted by atomic mass is 35.5. The quantitative estimate of drug-likeness (QED) is 0.782. The van der Waals surface area contributed by atoms with E-state index in [1.165, 1.54) is 25.7 Å². The number of nitrogens with two attached hydrogens (primary N) is 1. The van der Waals surface area contributed by atoms with Gasteiger partial charge in [-0.15, -0.1) is 12.4 Å². The molecule has 124 valence electrons. The zero-order valence-electron chi connectivity index (χ0n) is 12.9. The van der Waals surface area contributed by atoms with E-state index < -0.39 is 0 Å². The Kier molecular flexibility index (Phi) is 6.12. The number of aromatic amines is 1. The van der Waals surface area contributed by atoms with Gasteiger partial charge in [-0.1, -0.05) is 12.8 Å². The van der Waals surface area contributed by atoms with Crippen molar-refractivity contribution >= 4 is 24.0 Å². The van der Waals surface area contributed by atoms with E-state index in [1.807, 2.05) is 24.3 Å². The number of carbonyl (C=O) groups excluding carboxylic acids is 1. The Morgan fingerprint density at radius 2 is 1.96 bits per heavy atom. The van der Waals surface area contributed by atoms with Crippen molar-refractivity contribution in [3.8, 4) is 11.4 Å². The molecule has 0 bridgehead atoms. The molecule has 1 aliphatic rings. The van der Waals surface area contributed by atoms with Gasteiger partial charge in [-0.25, -0.2) is 4.98 Å². The lowest BCUT2D eigenvalue weighted by Crippen LogP contribution is -2.14. The van der Waals surface area contributed by atoms with Crippen LogP contribution in [0.5, 0.6) is 0 Å². The molecular weight excluding hydrogens is 314 g/mol. The fraction of sp³-hybridized carbons (Fsp3) is 0.438. The highest BCUT2D eigenvalue weighted by molar-refractivity contribution is 5.91. The zero-order valence-corrected chi connectivity index (χ0v) is 13.7. The Morgan fingerprint density at radius 1 is 1.26 bits per heavy atom. The smallest absolute Gasteiger partial charge is 0.224 e. The van der Waals surface area contributed by atoms with Crippen molar-refractivity contribution in [2.75, 3.05) is 5.32 Å². The molecule has 0 unspecified atom stereocenters. The number of anilines is 1. The lowest BCUT2D eigenvalue weighted by molar-refractivity contribution is -0.117. The van der Waals surface area contributed by atoms with Crippen molar-refractivity contribution in [2.24, 2.45) is 11.7 Å². The Hall–Kier alpha value is -1.92. The first kappa shape index (κ1) is 17.4. The average Bonchev–Trinajstić information content (AvgIpc) is 3.19. The van der Waals surface area contributed by atoms with Crippen molar-refractivity contribution in [3.05, 3.63) is 30.1 Å². The normalized spacial score (nSPS) is 14.5. The van der Waals surface area contributed by atoms with Gasteiger partial charge in [0, 0.05) is 17.7 Å². The standard InChI is InChI=1S/C16H21N5O.ClH/c17-10-14-19-16(21-20-14)12-5-7-13(8-6-12)18-15(22)9-11-3-1-2-4-11;/h5-8,11H,1-4,9-10,17H2,(H,18,22)(H,19,20,21);1H. The molecule has 0 atom stereocenters. The summed E-state index contributed by atoms with van der Waals surface area (Å²) in [6.45, 7) is 0.336. The van der Waals surface area contributed by atoms with E-state index in [0.29, 0.717) is 30.5 Å². The number of hydrogen-bond donors (Lipinski definition) is 3. The number of amides is 1. The van der Waals surface area contributed by atoms with Crippen molar-refractivity contribution in [3.63, 3.8) is 0 Å². The van der Waals surface area contributed by atoms with E-state index in [4.69, 9.17) is 5.73 Å². The highest BCUT2D eigenvalue weighted by Crippen LogP contribution is 2.28. The number of nitrogens with zero attached hydrogens (tertiary/aromatic N) is 2. The second kappa shape index (κ2) is 8.08. The van der Waals surface area contributed by atoms with Gasteiger partial charge in [-0.2, -0.15) is 5.10 Å². The van der Waals surface area contributed by atoms with Crippen LogP contribution >= 0.6 is 12.4 Å². The van der Waals surface area contributed by atoms with E-state index >= 15 is 0 Å². The van der Waals surface area contributed by atoms with Crippen molar-refractivity contribution in [2.45, 2.75) is 38.6 Å². The summed E-state index contributed by atoms with van der Waals surface area (Å²) in [6, 6.07) is 7.55. The summed E-state index contributed by atoms with van der Waals surface area (Å²) in [4.78, 5) is 16.3. The van der Waals surface area contributed by atoms with Crippen LogP contribution in [0, 0.1) is 5.92 Å². The van der Waals surface area contributed by atoms with Crippen LogP contribution in [0.3, 0.4) is 0 Å². The number of rotatable bonds is 5. The average molecular weight is 336 g/mol. The van der Waals surface area contributed by atoms with Crippen LogP contribution in [-0.4, -0.2) is 21.1 Å². The van der Waals surface area contributed by atoms with Gasteiger partial charge in [-0.05, 0) is 43.0 Å². The number of carbonyl (C=O) groups is 1. The molecule has 0 radical (unpaired) electrons. The Labute approximate surface area is 141 Å². The number of benzene rings is 1. The summed E-state index contributed by atoms with van der Waals surface area (Å²) in [5.41, 5.74) is 7.21. The third kappa shape index (κ3) is 4.53. The molecule has 1 saturated carbocycles. The fourth-order valence-electron chi connectivity index (χ4n) is 2.91. The van der Waals surface area contributed by atoms with Gasteiger partial charge in [-0.3, -0.25) is 9.89 Å². The van der Waals surface area contributed by atoms with Gasteiger partial charge in [0.2, 0.25) is 5.91 Å². The number of hydrogen-bond acceptors (Lipinski definition) is 4. The van der Waals surface area contributed by atoms with Gasteiger partial charge >= 0.3 is 0 Å². The van der Waals surface area contributed by atoms with E-state index in [9.17, 15) is 4.79 Å². The molecule has 23 heavy (non-hydrogen) atoms. The minimum Gasteiger partial charge on any atom is -0.326 e. The Morgan fingerprint density at radius 3 is 2.57 bits per heavy atom. The van der Waals surface area contributed by atoms with Crippen LogP contribution < -0.4 is 11.1 Å². The van der Waals surface area contributed by atoms with Crippen LogP contribution in [-0.2, 0) is 11.3 Å². The monoisotopic (exact) mass is 335 g/mol. The molecule has 0 spiro atoms. The maximum absolute atomic E-state index is 12.0. The minimum absolute atomic E-state index is 0. The molecule has 7 heteroatoms. The number of halogens is 1. The molecule has 6 nitrogen and oxygen atoms in total. The third-order valence-electron chi connectivity index (χ3n) is 4.10. The summed E-state index contributed by atoms with van der Waals surface area (Å²) in [7, 11) is 0. The van der Waals surface area contributed by atoms with E-state index in [2.05, 4.69) is 20.5 Å². The lowest BCUT2D eigenvalue weighted by atomic mass is 10.0. The number of H-pyrrole nitrogens is 1. The molecule has 1 fully saturated rings. The third-order valence-corrected chi connectivity index (χ3v) is 4.10. The molecule has 1 aromatic carbocycles. The predicted molar refractivity (Wildman–Crippen MR) is 92.2 cm³/mol. The molecular formula is C16H22ClN5O. The number of nitrogens with one attached hydrogen (secondary N) is 2. The van der Waals surface area contributed by atoms with Gasteiger partial charge in [0.1, 0.15) is 5.82 Å². The summed E-state index contributed by atoms with van der Waals surface area (Å²) >= 11 is 0. The minimum atomic E-state index is 0. The molecule has 4 N–H and O–H groups in total. The molecule has 3 rings (SSSR count). The first-order valence-corrected chi connectivity index (χ1v) is 7.76. The van der Waals surface area contributed by atoms with Crippen LogP contribution in [0.25, 0.3) is 11.4 Å². The van der Waals surface area contributed by atoms with Crippen molar-refractivity contribution < 1.29 is 4.79 Å². The van der Waals surface area contributed by atoms with Crippen LogP contribution in [0.1, 0.15) is 37.9 Å². The van der Waals surface area contributed by atoms with Gasteiger partial charge in [0.05, 0.1) is 6.54 Å². The van der Waals surface area contributed by atoms with Crippen molar-refractivity contribution in [1.82, 2.24) is 15.2 Å². The molecule has 2 aromatic rings. The topological polar surface area (TPSA) is 96.7 Å². The van der Waals surface area contributed by atoms with Gasteiger partial charge in [0.15, 0.2) is 5.82 Å². The van der Waals surface area contributed by atoms with Gasteiger partial charge in [0.25, 0.3) is 0 Å². The number of aromatic nitrogens is 3. The summed E-state index contributed by atoms with van der Waals surface area (Å²) in [6.07, 6.45) is 5.51. The SMILES string of the molecule is Cl.NCc1nc(-c2ccc(NC(=O)CC3CCCC3)cc2)n[nH]1. The molecule has 0 saturated heterocycles. The maximum Gasteiger partial charge on any atom is 0.224 e. The Balaban J connectivity index is 0.00000192. The largest absolute Gasteiger partial charge is 0.326 e. The van der Waals surface area contributed by atoms with Crippen LogP contribution in [0.2, 0.25) is 0 Å². The lowest BCUT2D eigenvalue weighted by Gasteiger charge is -2.09. The Bertz CT molecular complexity index is 634. The second-order valence-corrected chi connectivity index (χ2v) is 5.79. The van der Waals surface area contributed by atoms with Crippen LogP contribution in [0.15, 0.2) is 24.3 Å².